The maximum absolute atomic E-state index is 13.4. The monoisotopic (exact) mass is 749 g/mol. The van der Waals surface area contributed by atoms with E-state index in [1.807, 2.05) is 144 Å². The van der Waals surface area contributed by atoms with Gasteiger partial charge in [0.15, 0.2) is 6.23 Å². The molecule has 1 fully saturated rings. The molecule has 284 valence electrons. The molecule has 5 atom stereocenters. The van der Waals surface area contributed by atoms with Gasteiger partial charge >= 0.3 is 0 Å². The molecule has 10 nitrogen and oxygen atoms in total. The van der Waals surface area contributed by atoms with Gasteiger partial charge in [-0.05, 0) is 34.4 Å². The highest BCUT2D eigenvalue weighted by Gasteiger charge is 2.50. The van der Waals surface area contributed by atoms with Crippen LogP contribution in [0.1, 0.15) is 34.0 Å². The van der Waals surface area contributed by atoms with Crippen LogP contribution in [0.4, 0.5) is 0 Å². The van der Waals surface area contributed by atoms with Crippen LogP contribution in [0.5, 0.6) is 0 Å². The minimum Gasteiger partial charge on any atom is -0.374 e. The average Bonchev–Trinajstić information content (AvgIpc) is 3.75. The summed E-state index contributed by atoms with van der Waals surface area (Å²) < 4.78 is 36.1. The van der Waals surface area contributed by atoms with Crippen LogP contribution in [-0.4, -0.2) is 64.3 Å². The number of pyridine rings is 1. The van der Waals surface area contributed by atoms with Gasteiger partial charge in [0.25, 0.3) is 11.8 Å². The number of hydrogen-bond donors (Lipinski definition) is 0. The van der Waals surface area contributed by atoms with Crippen molar-refractivity contribution < 1.29 is 33.3 Å². The number of likely N-dealkylation sites (N-methyl/N-ethyl adjacent to an activating group) is 1. The van der Waals surface area contributed by atoms with Gasteiger partial charge in [0, 0.05) is 36.5 Å². The van der Waals surface area contributed by atoms with Gasteiger partial charge < -0.3 is 28.3 Å². The Balaban J connectivity index is 1.22. The lowest BCUT2D eigenvalue weighted by molar-refractivity contribution is -0.289. The van der Waals surface area contributed by atoms with Crippen molar-refractivity contribution >= 4 is 28.4 Å². The molecule has 2 aromatic heterocycles. The normalized spacial score (nSPS) is 21.1. The molecule has 0 radical (unpaired) electrons. The summed E-state index contributed by atoms with van der Waals surface area (Å²) in [5.74, 6) is -0.763. The van der Waals surface area contributed by atoms with E-state index in [-0.39, 0.29) is 37.2 Å². The average molecular weight is 750 g/mol. The number of ether oxygens (including phenoxy) is 5. The topological polar surface area (TPSA) is 101 Å². The quantitative estimate of drug-likeness (QED) is 0.101. The minimum atomic E-state index is -0.821. The Hall–Kier alpha value is -5.75. The van der Waals surface area contributed by atoms with Crippen LogP contribution in [0.25, 0.3) is 16.6 Å². The first-order valence-corrected chi connectivity index (χ1v) is 18.8. The lowest BCUT2D eigenvalue weighted by Gasteiger charge is -2.46. The van der Waals surface area contributed by atoms with Crippen molar-refractivity contribution in [2.24, 2.45) is 0 Å². The number of hydrogen-bond acceptors (Lipinski definition) is 8. The second-order valence-corrected chi connectivity index (χ2v) is 13.9. The highest BCUT2D eigenvalue weighted by Crippen LogP contribution is 2.40. The van der Waals surface area contributed by atoms with Crippen molar-refractivity contribution in [1.82, 2.24) is 14.5 Å². The zero-order chi connectivity index (χ0) is 38.3. The molecule has 2 aliphatic rings. The van der Waals surface area contributed by atoms with Crippen LogP contribution in [0.15, 0.2) is 152 Å². The maximum Gasteiger partial charge on any atom is 0.261 e. The van der Waals surface area contributed by atoms with E-state index < -0.39 is 30.6 Å². The van der Waals surface area contributed by atoms with Crippen LogP contribution in [-0.2, 0) is 59.7 Å². The van der Waals surface area contributed by atoms with Gasteiger partial charge in [0.05, 0.1) is 38.6 Å². The van der Waals surface area contributed by atoms with Crippen molar-refractivity contribution in [3.8, 4) is 0 Å². The van der Waals surface area contributed by atoms with Crippen molar-refractivity contribution in [2.45, 2.75) is 57.1 Å². The second kappa shape index (κ2) is 17.4. The van der Waals surface area contributed by atoms with Gasteiger partial charge in [0.2, 0.25) is 0 Å². The molecule has 0 aliphatic carbocycles. The first kappa shape index (κ1) is 37.2. The highest BCUT2D eigenvalue weighted by atomic mass is 16.6. The molecule has 8 rings (SSSR count). The number of nitrogens with zero attached hydrogens (tertiary/aromatic N) is 3. The summed E-state index contributed by atoms with van der Waals surface area (Å²) in [6, 6.07) is 43.6. The molecule has 0 saturated carbocycles. The smallest absolute Gasteiger partial charge is 0.261 e. The van der Waals surface area contributed by atoms with Crippen molar-refractivity contribution in [2.75, 3.05) is 13.7 Å². The Kier molecular flexibility index (Phi) is 11.5. The molecular weight excluding hydrogens is 707 g/mol. The fourth-order valence-corrected chi connectivity index (χ4v) is 7.24. The van der Waals surface area contributed by atoms with Gasteiger partial charge in [-0.25, -0.2) is 4.98 Å². The summed E-state index contributed by atoms with van der Waals surface area (Å²) in [6.07, 6.45) is 1.41. The lowest BCUT2D eigenvalue weighted by Crippen LogP contribution is -2.59. The lowest BCUT2D eigenvalue weighted by atomic mass is 9.96. The number of fused-ring (bicyclic) bond motifs is 1. The number of rotatable bonds is 15. The van der Waals surface area contributed by atoms with Gasteiger partial charge in [-0.15, -0.1) is 0 Å². The van der Waals surface area contributed by atoms with E-state index in [9.17, 15) is 9.59 Å². The molecule has 56 heavy (non-hydrogen) atoms. The van der Waals surface area contributed by atoms with Gasteiger partial charge in [-0.3, -0.25) is 14.5 Å². The van der Waals surface area contributed by atoms with Crippen molar-refractivity contribution in [3.63, 3.8) is 0 Å². The number of carbonyl (C=O) groups is 2. The zero-order valence-corrected chi connectivity index (χ0v) is 31.1. The number of carbonyl (C=O) groups excluding carboxylic acids is 2. The van der Waals surface area contributed by atoms with E-state index in [0.717, 1.165) is 27.2 Å². The molecule has 2 aliphatic heterocycles. The van der Waals surface area contributed by atoms with E-state index >= 15 is 0 Å². The first-order chi connectivity index (χ1) is 27.5. The Labute approximate surface area is 325 Å². The summed E-state index contributed by atoms with van der Waals surface area (Å²) in [5, 5.41) is 0.696. The third kappa shape index (κ3) is 8.25. The van der Waals surface area contributed by atoms with E-state index in [4.69, 9.17) is 28.7 Å². The Morgan fingerprint density at radius 3 is 1.68 bits per heavy atom. The molecule has 0 unspecified atom stereocenters. The molecule has 0 spiro atoms. The molecule has 2 amide bonds. The fraction of sp³-hybridized carbons (Fsp3) is 0.239. The Bertz CT molecular complexity index is 2260. The standard InChI is InChI=1S/C46H43N3O7/c1-48-40(50)25-37(45(48)51)38-26-49(44-36(38)23-14-24-47-44)46-43(55-30-35-21-12-5-13-22-35)42(54-29-34-19-10-4-11-20-34)41(53-28-33-17-8-3-9-18-33)39(56-46)31-52-27-32-15-6-2-7-16-32/h2-26,39,41-43,46H,27-31H2,1H3/t39-,41-,42+,43-,46-/m1/s1. The molecule has 4 heterocycles. The third-order valence-electron chi connectivity index (χ3n) is 10.1. The summed E-state index contributed by atoms with van der Waals surface area (Å²) in [5.41, 5.74) is 5.42. The summed E-state index contributed by atoms with van der Waals surface area (Å²) >= 11 is 0. The molecule has 0 bridgehead atoms. The van der Waals surface area contributed by atoms with Gasteiger partial charge in [-0.1, -0.05) is 121 Å². The van der Waals surface area contributed by atoms with E-state index in [1.54, 1.807) is 6.20 Å². The number of benzene rings is 4. The zero-order valence-electron chi connectivity index (χ0n) is 31.1. The molecule has 4 aromatic carbocycles. The van der Waals surface area contributed by atoms with Crippen LogP contribution >= 0.6 is 0 Å². The van der Waals surface area contributed by atoms with Crippen LogP contribution in [0, 0.1) is 0 Å². The Morgan fingerprint density at radius 2 is 1.14 bits per heavy atom. The van der Waals surface area contributed by atoms with Gasteiger partial charge in [-0.2, -0.15) is 0 Å². The second-order valence-electron chi connectivity index (χ2n) is 13.9. The first-order valence-electron chi connectivity index (χ1n) is 18.8. The number of aromatic nitrogens is 2. The highest BCUT2D eigenvalue weighted by molar-refractivity contribution is 6.34. The largest absolute Gasteiger partial charge is 0.374 e. The van der Waals surface area contributed by atoms with Crippen LogP contribution in [0.3, 0.4) is 0 Å². The van der Waals surface area contributed by atoms with Crippen molar-refractivity contribution in [3.05, 3.63) is 180 Å². The predicted octanol–water partition coefficient (Wildman–Crippen LogP) is 7.29. The predicted molar refractivity (Wildman–Crippen MR) is 211 cm³/mol. The third-order valence-corrected chi connectivity index (χ3v) is 10.1. The molecule has 10 heteroatoms. The van der Waals surface area contributed by atoms with E-state index in [1.165, 1.54) is 13.1 Å². The van der Waals surface area contributed by atoms with E-state index in [2.05, 4.69) is 0 Å². The SMILES string of the molecule is CN1C(=O)C=C(c2cn([C@@H]3O[C@H](COCc4ccccc4)[C@@H](OCc4ccccc4)[C@H](OCc4ccccc4)[C@H]3OCc3ccccc3)c3ncccc23)C1=O. The van der Waals surface area contributed by atoms with E-state index in [0.29, 0.717) is 29.8 Å². The summed E-state index contributed by atoms with van der Waals surface area (Å²) in [6.45, 7) is 1.42. The molecule has 0 N–H and O–H groups in total. The molecule has 1 saturated heterocycles. The van der Waals surface area contributed by atoms with Crippen LogP contribution in [0.2, 0.25) is 0 Å². The Morgan fingerprint density at radius 1 is 0.625 bits per heavy atom. The number of imide groups is 1. The van der Waals surface area contributed by atoms with Gasteiger partial charge in [0.1, 0.15) is 30.1 Å². The molecule has 6 aromatic rings. The van der Waals surface area contributed by atoms with Crippen LogP contribution < -0.4 is 0 Å². The fourth-order valence-electron chi connectivity index (χ4n) is 7.24. The number of amides is 2. The maximum atomic E-state index is 13.4. The summed E-state index contributed by atoms with van der Waals surface area (Å²) in [7, 11) is 1.48. The van der Waals surface area contributed by atoms with Crippen molar-refractivity contribution in [1.29, 1.82) is 0 Å². The molecular formula is C46H43N3O7. The minimum absolute atomic E-state index is 0.184. The summed E-state index contributed by atoms with van der Waals surface area (Å²) in [4.78, 5) is 31.9.